The van der Waals surface area contributed by atoms with Gasteiger partial charge in [-0.2, -0.15) is 0 Å². The molecule has 1 heteroatoms. The van der Waals surface area contributed by atoms with Crippen molar-refractivity contribution in [3.63, 3.8) is 0 Å². The third kappa shape index (κ3) is 2.75. The average Bonchev–Trinajstić information content (AvgIpc) is 2.14. The molecule has 2 rings (SSSR count). The summed E-state index contributed by atoms with van der Waals surface area (Å²) in [6.45, 7) is 7.10. The second kappa shape index (κ2) is 5.34. The molecule has 2 saturated carbocycles. The van der Waals surface area contributed by atoms with E-state index in [4.69, 9.17) is 0 Å². The molecule has 0 amide bonds. The van der Waals surface area contributed by atoms with Crippen LogP contribution in [0.3, 0.4) is 0 Å². The van der Waals surface area contributed by atoms with Crippen molar-refractivity contribution in [1.29, 1.82) is 0 Å². The van der Waals surface area contributed by atoms with Crippen molar-refractivity contribution in [2.24, 2.45) is 23.7 Å². The van der Waals surface area contributed by atoms with E-state index >= 15 is 0 Å². The molecule has 1 N–H and O–H groups in total. The van der Waals surface area contributed by atoms with Crippen LogP contribution >= 0.6 is 0 Å². The topological polar surface area (TPSA) is 12.0 Å². The highest BCUT2D eigenvalue weighted by molar-refractivity contribution is 4.87. The minimum atomic E-state index is 0.992. The molecular weight excluding hydrogens is 182 g/mol. The highest BCUT2D eigenvalue weighted by Gasteiger charge is 2.36. The standard InChI is InChI=1S/C14H27N/c1-3-15-10-13-8-7-11(2)9-14(13)12-5-4-6-12/h11-15H,3-10H2,1-2H3. The van der Waals surface area contributed by atoms with Gasteiger partial charge in [0, 0.05) is 0 Å². The quantitative estimate of drug-likeness (QED) is 0.748. The Hall–Kier alpha value is -0.0400. The van der Waals surface area contributed by atoms with E-state index in [1.807, 2.05) is 0 Å². The SMILES string of the molecule is CCNCC1CCC(C)CC1C1CCC1. The summed E-state index contributed by atoms with van der Waals surface area (Å²) >= 11 is 0. The molecular formula is C14H27N. The maximum Gasteiger partial charge on any atom is -0.00179 e. The third-order valence-corrected chi connectivity index (χ3v) is 4.72. The number of hydrogen-bond acceptors (Lipinski definition) is 1. The lowest BCUT2D eigenvalue weighted by molar-refractivity contribution is 0.0786. The van der Waals surface area contributed by atoms with E-state index in [1.165, 1.54) is 45.1 Å². The van der Waals surface area contributed by atoms with Crippen LogP contribution in [0, 0.1) is 23.7 Å². The number of rotatable bonds is 4. The first kappa shape index (κ1) is 11.4. The van der Waals surface area contributed by atoms with Gasteiger partial charge in [-0.15, -0.1) is 0 Å². The monoisotopic (exact) mass is 209 g/mol. The fourth-order valence-corrected chi connectivity index (χ4v) is 3.52. The molecule has 2 aliphatic carbocycles. The first-order chi connectivity index (χ1) is 7.31. The van der Waals surface area contributed by atoms with Crippen molar-refractivity contribution in [3.8, 4) is 0 Å². The fraction of sp³-hybridized carbons (Fsp3) is 1.00. The van der Waals surface area contributed by atoms with Gasteiger partial charge in [0.2, 0.25) is 0 Å². The maximum atomic E-state index is 3.57. The van der Waals surface area contributed by atoms with Gasteiger partial charge in [0.05, 0.1) is 0 Å². The third-order valence-electron chi connectivity index (χ3n) is 4.72. The lowest BCUT2D eigenvalue weighted by atomic mass is 9.63. The molecule has 15 heavy (non-hydrogen) atoms. The van der Waals surface area contributed by atoms with E-state index in [9.17, 15) is 0 Å². The van der Waals surface area contributed by atoms with Crippen molar-refractivity contribution in [2.45, 2.75) is 52.4 Å². The van der Waals surface area contributed by atoms with Crippen molar-refractivity contribution >= 4 is 0 Å². The Labute approximate surface area is 95.0 Å². The van der Waals surface area contributed by atoms with Gasteiger partial charge < -0.3 is 5.32 Å². The molecule has 0 spiro atoms. The second-order valence-electron chi connectivity index (χ2n) is 5.84. The highest BCUT2D eigenvalue weighted by Crippen LogP contribution is 2.45. The Balaban J connectivity index is 1.87. The second-order valence-corrected chi connectivity index (χ2v) is 5.84. The van der Waals surface area contributed by atoms with Crippen LogP contribution in [0.5, 0.6) is 0 Å². The van der Waals surface area contributed by atoms with Crippen LogP contribution in [0.4, 0.5) is 0 Å². The van der Waals surface area contributed by atoms with E-state index in [2.05, 4.69) is 19.2 Å². The maximum absolute atomic E-state index is 3.57. The zero-order valence-electron chi connectivity index (χ0n) is 10.5. The summed E-state index contributed by atoms with van der Waals surface area (Å²) in [5, 5.41) is 3.57. The van der Waals surface area contributed by atoms with Crippen LogP contribution in [0.25, 0.3) is 0 Å². The molecule has 0 bridgehead atoms. The van der Waals surface area contributed by atoms with Gasteiger partial charge in [0.25, 0.3) is 0 Å². The van der Waals surface area contributed by atoms with Gasteiger partial charge in [0.1, 0.15) is 0 Å². The lowest BCUT2D eigenvalue weighted by Crippen LogP contribution is -2.38. The summed E-state index contributed by atoms with van der Waals surface area (Å²) < 4.78 is 0. The van der Waals surface area contributed by atoms with Crippen molar-refractivity contribution in [2.75, 3.05) is 13.1 Å². The van der Waals surface area contributed by atoms with Gasteiger partial charge >= 0.3 is 0 Å². The van der Waals surface area contributed by atoms with E-state index in [1.54, 1.807) is 0 Å². The zero-order chi connectivity index (χ0) is 10.7. The van der Waals surface area contributed by atoms with Crippen LogP contribution in [0.2, 0.25) is 0 Å². The molecule has 0 radical (unpaired) electrons. The minimum Gasteiger partial charge on any atom is -0.317 e. The first-order valence-corrected chi connectivity index (χ1v) is 7.02. The Morgan fingerprint density at radius 2 is 1.93 bits per heavy atom. The summed E-state index contributed by atoms with van der Waals surface area (Å²) in [6.07, 6.45) is 9.03. The number of nitrogens with one attached hydrogen (secondary N) is 1. The molecule has 2 fully saturated rings. The van der Waals surface area contributed by atoms with Crippen LogP contribution < -0.4 is 5.32 Å². The van der Waals surface area contributed by atoms with E-state index < -0.39 is 0 Å². The highest BCUT2D eigenvalue weighted by atomic mass is 14.8. The van der Waals surface area contributed by atoms with Crippen molar-refractivity contribution in [3.05, 3.63) is 0 Å². The Morgan fingerprint density at radius 1 is 1.13 bits per heavy atom. The first-order valence-electron chi connectivity index (χ1n) is 7.02. The van der Waals surface area contributed by atoms with Crippen LogP contribution in [-0.2, 0) is 0 Å². The Morgan fingerprint density at radius 3 is 2.53 bits per heavy atom. The Bertz CT molecular complexity index is 184. The molecule has 0 aromatic heterocycles. The molecule has 0 heterocycles. The normalized spacial score (nSPS) is 37.6. The van der Waals surface area contributed by atoms with Crippen LogP contribution in [0.15, 0.2) is 0 Å². The molecule has 2 aliphatic rings. The molecule has 88 valence electrons. The van der Waals surface area contributed by atoms with Crippen LogP contribution in [-0.4, -0.2) is 13.1 Å². The van der Waals surface area contributed by atoms with Crippen molar-refractivity contribution in [1.82, 2.24) is 5.32 Å². The summed E-state index contributed by atoms with van der Waals surface area (Å²) in [5.41, 5.74) is 0. The minimum absolute atomic E-state index is 0.992. The van der Waals surface area contributed by atoms with Gasteiger partial charge in [0.15, 0.2) is 0 Å². The van der Waals surface area contributed by atoms with Gasteiger partial charge in [-0.05, 0) is 49.6 Å². The summed E-state index contributed by atoms with van der Waals surface area (Å²) in [7, 11) is 0. The summed E-state index contributed by atoms with van der Waals surface area (Å²) in [4.78, 5) is 0. The smallest absolute Gasteiger partial charge is 0.00179 e. The molecule has 3 unspecified atom stereocenters. The molecule has 0 aromatic carbocycles. The number of hydrogen-bond donors (Lipinski definition) is 1. The van der Waals surface area contributed by atoms with Crippen molar-refractivity contribution < 1.29 is 0 Å². The average molecular weight is 209 g/mol. The van der Waals surface area contributed by atoms with E-state index in [0.29, 0.717) is 0 Å². The Kier molecular flexibility index (Phi) is 4.07. The van der Waals surface area contributed by atoms with Gasteiger partial charge in [-0.1, -0.05) is 39.5 Å². The fourth-order valence-electron chi connectivity index (χ4n) is 3.52. The van der Waals surface area contributed by atoms with Gasteiger partial charge in [-0.3, -0.25) is 0 Å². The molecule has 3 atom stereocenters. The van der Waals surface area contributed by atoms with E-state index in [-0.39, 0.29) is 0 Å². The summed E-state index contributed by atoms with van der Waals surface area (Å²) in [6, 6.07) is 0. The zero-order valence-corrected chi connectivity index (χ0v) is 10.5. The molecule has 0 aliphatic heterocycles. The molecule has 1 nitrogen and oxygen atoms in total. The molecule has 0 aromatic rings. The lowest BCUT2D eigenvalue weighted by Gasteiger charge is -2.43. The van der Waals surface area contributed by atoms with Gasteiger partial charge in [-0.25, -0.2) is 0 Å². The van der Waals surface area contributed by atoms with Crippen LogP contribution in [0.1, 0.15) is 52.4 Å². The largest absolute Gasteiger partial charge is 0.317 e. The molecule has 0 saturated heterocycles. The predicted molar refractivity (Wildman–Crippen MR) is 65.9 cm³/mol. The van der Waals surface area contributed by atoms with E-state index in [0.717, 1.165) is 30.2 Å². The summed E-state index contributed by atoms with van der Waals surface area (Å²) in [5.74, 6) is 4.14. The predicted octanol–water partition coefficient (Wildman–Crippen LogP) is 3.45.